The van der Waals surface area contributed by atoms with Crippen LogP contribution in [0.15, 0.2) is 42.6 Å². The van der Waals surface area contributed by atoms with Crippen LogP contribution in [-0.2, 0) is 4.79 Å². The standard InChI is InChI=1S/C16H17FN4O2/c1-11(23-14-6-3-2-5-13(14)17)16(22)21-9-12(10-21)19-15-7-4-8-18-20-15/h2-8,11-12H,9-10H2,1H3,(H,19,20). The van der Waals surface area contributed by atoms with Gasteiger partial charge in [0.05, 0.1) is 6.04 Å². The van der Waals surface area contributed by atoms with E-state index in [0.29, 0.717) is 18.9 Å². The van der Waals surface area contributed by atoms with Gasteiger partial charge in [-0.3, -0.25) is 4.79 Å². The van der Waals surface area contributed by atoms with Crippen LogP contribution in [0.4, 0.5) is 10.2 Å². The first-order chi connectivity index (χ1) is 11.1. The van der Waals surface area contributed by atoms with Crippen LogP contribution in [0.25, 0.3) is 0 Å². The number of hydrogen-bond acceptors (Lipinski definition) is 5. The van der Waals surface area contributed by atoms with Crippen molar-refractivity contribution in [2.45, 2.75) is 19.1 Å². The smallest absolute Gasteiger partial charge is 0.263 e. The summed E-state index contributed by atoms with van der Waals surface area (Å²) < 4.78 is 19.0. The van der Waals surface area contributed by atoms with Crippen LogP contribution in [0.3, 0.4) is 0 Å². The van der Waals surface area contributed by atoms with Gasteiger partial charge in [0.15, 0.2) is 17.7 Å². The highest BCUT2D eigenvalue weighted by Crippen LogP contribution is 2.20. The Labute approximate surface area is 133 Å². The van der Waals surface area contributed by atoms with E-state index in [0.717, 1.165) is 0 Å². The van der Waals surface area contributed by atoms with E-state index in [2.05, 4.69) is 15.5 Å². The van der Waals surface area contributed by atoms with Gasteiger partial charge in [-0.15, -0.1) is 5.10 Å². The Morgan fingerprint density at radius 3 is 2.83 bits per heavy atom. The predicted octanol–water partition coefficient (Wildman–Crippen LogP) is 1.71. The summed E-state index contributed by atoms with van der Waals surface area (Å²) in [6.07, 6.45) is 0.869. The molecule has 0 aliphatic carbocycles. The third-order valence-electron chi connectivity index (χ3n) is 3.61. The van der Waals surface area contributed by atoms with Gasteiger partial charge < -0.3 is 15.0 Å². The van der Waals surface area contributed by atoms with E-state index < -0.39 is 11.9 Å². The first-order valence-electron chi connectivity index (χ1n) is 7.37. The Bertz CT molecular complexity index is 677. The maximum atomic E-state index is 13.5. The monoisotopic (exact) mass is 316 g/mol. The molecule has 0 spiro atoms. The Hall–Kier alpha value is -2.70. The highest BCUT2D eigenvalue weighted by atomic mass is 19.1. The van der Waals surface area contributed by atoms with Crippen molar-refractivity contribution in [2.75, 3.05) is 18.4 Å². The Morgan fingerprint density at radius 2 is 2.13 bits per heavy atom. The van der Waals surface area contributed by atoms with Gasteiger partial charge in [-0.1, -0.05) is 12.1 Å². The first kappa shape index (κ1) is 15.2. The van der Waals surface area contributed by atoms with E-state index in [1.165, 1.54) is 12.1 Å². The summed E-state index contributed by atoms with van der Waals surface area (Å²) in [7, 11) is 0. The van der Waals surface area contributed by atoms with Gasteiger partial charge in [0.1, 0.15) is 5.82 Å². The molecular formula is C16H17FN4O2. The molecule has 1 aliphatic rings. The van der Waals surface area contributed by atoms with Crippen LogP contribution in [-0.4, -0.2) is 46.2 Å². The molecule has 1 aromatic heterocycles. The molecule has 2 aromatic rings. The number of nitrogens with one attached hydrogen (secondary N) is 1. The lowest BCUT2D eigenvalue weighted by molar-refractivity contribution is -0.142. The first-order valence-corrected chi connectivity index (χ1v) is 7.37. The zero-order chi connectivity index (χ0) is 16.2. The van der Waals surface area contributed by atoms with Crippen LogP contribution < -0.4 is 10.1 Å². The van der Waals surface area contributed by atoms with E-state index >= 15 is 0 Å². The summed E-state index contributed by atoms with van der Waals surface area (Å²) in [5, 5.41) is 10.9. The number of hydrogen-bond donors (Lipinski definition) is 1. The number of nitrogens with zero attached hydrogens (tertiary/aromatic N) is 3. The Balaban J connectivity index is 1.49. The fourth-order valence-electron chi connectivity index (χ4n) is 2.38. The molecule has 1 fully saturated rings. The van der Waals surface area contributed by atoms with Crippen LogP contribution in [0.5, 0.6) is 5.75 Å². The average molecular weight is 316 g/mol. The lowest BCUT2D eigenvalue weighted by atomic mass is 10.1. The Kier molecular flexibility index (Phi) is 4.36. The predicted molar refractivity (Wildman–Crippen MR) is 82.5 cm³/mol. The molecule has 0 radical (unpaired) electrons. The quantitative estimate of drug-likeness (QED) is 0.909. The minimum atomic E-state index is -0.732. The molecule has 1 amide bonds. The molecule has 1 atom stereocenters. The van der Waals surface area contributed by atoms with Crippen LogP contribution >= 0.6 is 0 Å². The van der Waals surface area contributed by atoms with Crippen molar-refractivity contribution in [3.05, 3.63) is 48.4 Å². The number of anilines is 1. The summed E-state index contributed by atoms with van der Waals surface area (Å²) in [6.45, 7) is 2.74. The molecule has 1 saturated heterocycles. The molecule has 0 bridgehead atoms. The zero-order valence-corrected chi connectivity index (χ0v) is 12.6. The summed E-state index contributed by atoms with van der Waals surface area (Å²) in [4.78, 5) is 13.9. The van der Waals surface area contributed by atoms with Crippen molar-refractivity contribution < 1.29 is 13.9 Å². The minimum absolute atomic E-state index is 0.0862. The Morgan fingerprint density at radius 1 is 1.35 bits per heavy atom. The number of benzene rings is 1. The van der Waals surface area contributed by atoms with Crippen molar-refractivity contribution in [1.29, 1.82) is 0 Å². The van der Waals surface area contributed by atoms with Gasteiger partial charge >= 0.3 is 0 Å². The molecule has 2 heterocycles. The number of carbonyl (C=O) groups is 1. The van der Waals surface area contributed by atoms with Gasteiger partial charge in [0.25, 0.3) is 5.91 Å². The summed E-state index contributed by atoms with van der Waals surface area (Å²) in [5.74, 6) is 0.131. The van der Waals surface area contributed by atoms with E-state index in [1.807, 2.05) is 6.07 Å². The van der Waals surface area contributed by atoms with E-state index in [1.54, 1.807) is 36.2 Å². The van der Waals surface area contributed by atoms with Crippen molar-refractivity contribution in [1.82, 2.24) is 15.1 Å². The van der Waals surface area contributed by atoms with Crippen molar-refractivity contribution in [3.8, 4) is 5.75 Å². The molecule has 1 N–H and O–H groups in total. The van der Waals surface area contributed by atoms with Gasteiger partial charge in [0.2, 0.25) is 0 Å². The van der Waals surface area contributed by atoms with Crippen molar-refractivity contribution >= 4 is 11.7 Å². The highest BCUT2D eigenvalue weighted by molar-refractivity contribution is 5.82. The van der Waals surface area contributed by atoms with Crippen LogP contribution in [0, 0.1) is 5.82 Å². The number of carbonyl (C=O) groups excluding carboxylic acids is 1. The fraction of sp³-hybridized carbons (Fsp3) is 0.312. The zero-order valence-electron chi connectivity index (χ0n) is 12.6. The lowest BCUT2D eigenvalue weighted by Gasteiger charge is -2.40. The lowest BCUT2D eigenvalue weighted by Crippen LogP contribution is -2.59. The van der Waals surface area contributed by atoms with E-state index in [9.17, 15) is 9.18 Å². The van der Waals surface area contributed by atoms with Crippen LogP contribution in [0.1, 0.15) is 6.92 Å². The molecule has 3 rings (SSSR count). The minimum Gasteiger partial charge on any atom is -0.478 e. The second kappa shape index (κ2) is 6.60. The molecule has 1 aliphatic heterocycles. The molecule has 1 unspecified atom stereocenters. The third-order valence-corrected chi connectivity index (χ3v) is 3.61. The largest absolute Gasteiger partial charge is 0.478 e. The van der Waals surface area contributed by atoms with Crippen LogP contribution in [0.2, 0.25) is 0 Å². The maximum absolute atomic E-state index is 13.5. The van der Waals surface area contributed by atoms with Gasteiger partial charge in [0, 0.05) is 19.3 Å². The summed E-state index contributed by atoms with van der Waals surface area (Å²) in [6, 6.07) is 9.80. The van der Waals surface area contributed by atoms with Gasteiger partial charge in [-0.2, -0.15) is 5.10 Å². The summed E-state index contributed by atoms with van der Waals surface area (Å²) >= 11 is 0. The number of amides is 1. The topological polar surface area (TPSA) is 67.3 Å². The van der Waals surface area contributed by atoms with Gasteiger partial charge in [-0.05, 0) is 31.2 Å². The molecular weight excluding hydrogens is 299 g/mol. The van der Waals surface area contributed by atoms with Crippen molar-refractivity contribution in [3.63, 3.8) is 0 Å². The second-order valence-corrected chi connectivity index (χ2v) is 5.38. The molecule has 1 aromatic carbocycles. The number of rotatable bonds is 5. The fourth-order valence-corrected chi connectivity index (χ4v) is 2.38. The average Bonchev–Trinajstić information content (AvgIpc) is 2.53. The molecule has 120 valence electrons. The van der Waals surface area contributed by atoms with E-state index in [4.69, 9.17) is 4.74 Å². The van der Waals surface area contributed by atoms with Gasteiger partial charge in [-0.25, -0.2) is 4.39 Å². The SMILES string of the molecule is CC(Oc1ccccc1F)C(=O)N1CC(Nc2cccnn2)C1. The van der Waals surface area contributed by atoms with E-state index in [-0.39, 0.29) is 17.7 Å². The number of halogens is 1. The maximum Gasteiger partial charge on any atom is 0.263 e. The number of likely N-dealkylation sites (tertiary alicyclic amines) is 1. The molecule has 6 nitrogen and oxygen atoms in total. The number of para-hydroxylation sites is 1. The second-order valence-electron chi connectivity index (χ2n) is 5.38. The van der Waals surface area contributed by atoms with Crippen molar-refractivity contribution in [2.24, 2.45) is 0 Å². The molecule has 23 heavy (non-hydrogen) atoms. The third kappa shape index (κ3) is 3.56. The summed E-state index contributed by atoms with van der Waals surface area (Å²) in [5.41, 5.74) is 0. The number of ether oxygens (including phenoxy) is 1. The number of aromatic nitrogens is 2. The molecule has 7 heteroatoms. The highest BCUT2D eigenvalue weighted by Gasteiger charge is 2.34. The molecule has 0 saturated carbocycles. The normalized spacial score (nSPS) is 15.7.